The highest BCUT2D eigenvalue weighted by Gasteiger charge is 2.23. The molecular weight excluding hydrogens is 198 g/mol. The van der Waals surface area contributed by atoms with Crippen LogP contribution in [0.4, 0.5) is 5.69 Å². The van der Waals surface area contributed by atoms with Crippen LogP contribution in [0.15, 0.2) is 12.4 Å². The van der Waals surface area contributed by atoms with Gasteiger partial charge in [0, 0.05) is 18.8 Å². The molecule has 2 atom stereocenters. The molecule has 0 saturated heterocycles. The lowest BCUT2D eigenvalue weighted by molar-refractivity contribution is 0.317. The van der Waals surface area contributed by atoms with Gasteiger partial charge in [0.25, 0.3) is 0 Å². The Morgan fingerprint density at radius 2 is 2.19 bits per heavy atom. The number of hydrogen-bond donors (Lipinski definition) is 1. The van der Waals surface area contributed by atoms with E-state index in [2.05, 4.69) is 30.5 Å². The molecule has 16 heavy (non-hydrogen) atoms. The number of aryl methyl sites for hydroxylation is 1. The van der Waals surface area contributed by atoms with E-state index in [-0.39, 0.29) is 0 Å². The lowest BCUT2D eigenvalue weighted by Crippen LogP contribution is -2.31. The van der Waals surface area contributed by atoms with E-state index in [0.29, 0.717) is 6.04 Å². The van der Waals surface area contributed by atoms with E-state index in [0.717, 1.165) is 12.5 Å². The fourth-order valence-corrected chi connectivity index (χ4v) is 2.71. The Balaban J connectivity index is 1.96. The summed E-state index contributed by atoms with van der Waals surface area (Å²) >= 11 is 0. The van der Waals surface area contributed by atoms with Gasteiger partial charge in [-0.15, -0.1) is 0 Å². The molecule has 0 aliphatic heterocycles. The van der Waals surface area contributed by atoms with Gasteiger partial charge in [0.2, 0.25) is 0 Å². The molecule has 1 saturated carbocycles. The van der Waals surface area contributed by atoms with Crippen molar-refractivity contribution in [2.75, 3.05) is 5.32 Å². The zero-order chi connectivity index (χ0) is 11.4. The summed E-state index contributed by atoms with van der Waals surface area (Å²) in [6.07, 6.45) is 10.8. The summed E-state index contributed by atoms with van der Waals surface area (Å²) in [6, 6.07) is 0.660. The SMILES string of the molecule is CCC1CCCCC1Nc1cnn(CC)c1. The minimum absolute atomic E-state index is 0.660. The molecule has 1 aromatic rings. The Labute approximate surface area is 98.2 Å². The molecule has 1 N–H and O–H groups in total. The summed E-state index contributed by atoms with van der Waals surface area (Å²) in [4.78, 5) is 0. The molecule has 0 bridgehead atoms. The largest absolute Gasteiger partial charge is 0.379 e. The Bertz CT molecular complexity index is 319. The summed E-state index contributed by atoms with van der Waals surface area (Å²) < 4.78 is 1.98. The van der Waals surface area contributed by atoms with Gasteiger partial charge in [-0.1, -0.05) is 26.2 Å². The van der Waals surface area contributed by atoms with E-state index in [9.17, 15) is 0 Å². The molecule has 2 rings (SSSR count). The first-order valence-electron chi connectivity index (χ1n) is 6.62. The summed E-state index contributed by atoms with van der Waals surface area (Å²) in [6.45, 7) is 5.37. The van der Waals surface area contributed by atoms with Gasteiger partial charge in [0.1, 0.15) is 0 Å². The summed E-state index contributed by atoms with van der Waals surface area (Å²) in [7, 11) is 0. The summed E-state index contributed by atoms with van der Waals surface area (Å²) in [5, 5.41) is 7.96. The normalized spacial score (nSPS) is 25.6. The number of hydrogen-bond acceptors (Lipinski definition) is 2. The Morgan fingerprint density at radius 1 is 1.38 bits per heavy atom. The second-order valence-electron chi connectivity index (χ2n) is 4.79. The van der Waals surface area contributed by atoms with Gasteiger partial charge in [-0.3, -0.25) is 4.68 Å². The van der Waals surface area contributed by atoms with Crippen LogP contribution in [0.3, 0.4) is 0 Å². The third-order valence-electron chi connectivity index (χ3n) is 3.74. The molecule has 3 nitrogen and oxygen atoms in total. The lowest BCUT2D eigenvalue weighted by atomic mass is 9.83. The van der Waals surface area contributed by atoms with Gasteiger partial charge >= 0.3 is 0 Å². The molecule has 1 aliphatic carbocycles. The quantitative estimate of drug-likeness (QED) is 0.845. The van der Waals surface area contributed by atoms with Crippen molar-refractivity contribution in [2.45, 2.75) is 58.5 Å². The maximum atomic E-state index is 4.31. The predicted octanol–water partition coefficient (Wildman–Crippen LogP) is 3.28. The van der Waals surface area contributed by atoms with Crippen LogP contribution in [0, 0.1) is 5.92 Å². The van der Waals surface area contributed by atoms with Crippen LogP contribution in [0.25, 0.3) is 0 Å². The maximum Gasteiger partial charge on any atom is 0.0728 e. The van der Waals surface area contributed by atoms with Gasteiger partial charge in [0.05, 0.1) is 11.9 Å². The minimum atomic E-state index is 0.660. The average Bonchev–Trinajstić information content (AvgIpc) is 2.77. The van der Waals surface area contributed by atoms with Crippen LogP contribution >= 0.6 is 0 Å². The molecule has 2 unspecified atom stereocenters. The van der Waals surface area contributed by atoms with Crippen molar-refractivity contribution in [3.8, 4) is 0 Å². The Hall–Kier alpha value is -0.990. The minimum Gasteiger partial charge on any atom is -0.379 e. The van der Waals surface area contributed by atoms with Crippen molar-refractivity contribution in [3.05, 3.63) is 12.4 Å². The van der Waals surface area contributed by atoms with Crippen LogP contribution in [0.2, 0.25) is 0 Å². The number of anilines is 1. The van der Waals surface area contributed by atoms with Crippen molar-refractivity contribution >= 4 is 5.69 Å². The maximum absolute atomic E-state index is 4.31. The molecule has 0 aromatic carbocycles. The van der Waals surface area contributed by atoms with Crippen molar-refractivity contribution < 1.29 is 0 Å². The first-order valence-corrected chi connectivity index (χ1v) is 6.62. The fraction of sp³-hybridized carbons (Fsp3) is 0.769. The third-order valence-corrected chi connectivity index (χ3v) is 3.74. The highest BCUT2D eigenvalue weighted by atomic mass is 15.3. The number of nitrogens with one attached hydrogen (secondary N) is 1. The van der Waals surface area contributed by atoms with Crippen LogP contribution < -0.4 is 5.32 Å². The zero-order valence-electron chi connectivity index (χ0n) is 10.4. The predicted molar refractivity (Wildman–Crippen MR) is 67.6 cm³/mol. The summed E-state index contributed by atoms with van der Waals surface area (Å²) in [5.74, 6) is 0.846. The molecule has 1 heterocycles. The third kappa shape index (κ3) is 2.57. The second-order valence-corrected chi connectivity index (χ2v) is 4.79. The van der Waals surface area contributed by atoms with Crippen molar-refractivity contribution in [3.63, 3.8) is 0 Å². The number of aromatic nitrogens is 2. The van der Waals surface area contributed by atoms with Gasteiger partial charge in [-0.05, 0) is 25.7 Å². The standard InChI is InChI=1S/C13H23N3/c1-3-11-7-5-6-8-13(11)15-12-9-14-16(4-2)10-12/h9-11,13,15H,3-8H2,1-2H3. The van der Waals surface area contributed by atoms with Gasteiger partial charge in [-0.25, -0.2) is 0 Å². The highest BCUT2D eigenvalue weighted by molar-refractivity contribution is 5.39. The summed E-state index contributed by atoms with van der Waals surface area (Å²) in [5.41, 5.74) is 1.19. The first kappa shape index (κ1) is 11.5. The van der Waals surface area contributed by atoms with Crippen molar-refractivity contribution in [1.82, 2.24) is 9.78 Å². The highest BCUT2D eigenvalue weighted by Crippen LogP contribution is 2.29. The fourth-order valence-electron chi connectivity index (χ4n) is 2.71. The zero-order valence-corrected chi connectivity index (χ0v) is 10.4. The van der Waals surface area contributed by atoms with Crippen LogP contribution in [0.1, 0.15) is 46.0 Å². The van der Waals surface area contributed by atoms with E-state index >= 15 is 0 Å². The van der Waals surface area contributed by atoms with Crippen molar-refractivity contribution in [1.29, 1.82) is 0 Å². The second kappa shape index (κ2) is 5.37. The topological polar surface area (TPSA) is 29.9 Å². The molecule has 1 aromatic heterocycles. The van der Waals surface area contributed by atoms with E-state index in [1.165, 1.54) is 37.8 Å². The van der Waals surface area contributed by atoms with E-state index in [4.69, 9.17) is 0 Å². The molecule has 0 spiro atoms. The monoisotopic (exact) mass is 221 g/mol. The molecule has 1 fully saturated rings. The lowest BCUT2D eigenvalue weighted by Gasteiger charge is -2.31. The van der Waals surface area contributed by atoms with Crippen LogP contribution in [-0.2, 0) is 6.54 Å². The van der Waals surface area contributed by atoms with Gasteiger partial charge < -0.3 is 5.32 Å². The molecule has 0 radical (unpaired) electrons. The average molecular weight is 221 g/mol. The Kier molecular flexibility index (Phi) is 3.86. The van der Waals surface area contributed by atoms with Crippen LogP contribution in [0.5, 0.6) is 0 Å². The molecule has 1 aliphatic rings. The van der Waals surface area contributed by atoms with E-state index < -0.39 is 0 Å². The van der Waals surface area contributed by atoms with Gasteiger partial charge in [0.15, 0.2) is 0 Å². The van der Waals surface area contributed by atoms with Gasteiger partial charge in [-0.2, -0.15) is 5.10 Å². The smallest absolute Gasteiger partial charge is 0.0728 e. The van der Waals surface area contributed by atoms with E-state index in [1.54, 1.807) is 0 Å². The molecule has 3 heteroatoms. The first-order chi connectivity index (χ1) is 7.83. The Morgan fingerprint density at radius 3 is 2.88 bits per heavy atom. The number of nitrogens with zero attached hydrogens (tertiary/aromatic N) is 2. The van der Waals surface area contributed by atoms with Crippen molar-refractivity contribution in [2.24, 2.45) is 5.92 Å². The molecule has 0 amide bonds. The molecule has 90 valence electrons. The molecular formula is C13H23N3. The number of rotatable bonds is 4. The van der Waals surface area contributed by atoms with Crippen LogP contribution in [-0.4, -0.2) is 15.8 Å². The van der Waals surface area contributed by atoms with E-state index in [1.807, 2.05) is 10.9 Å².